The number of hydrogen-bond acceptors (Lipinski definition) is 4. The minimum atomic E-state index is -4.08. The van der Waals surface area contributed by atoms with Crippen LogP contribution < -0.4 is 14.2 Å². The number of sulfonamides is 1. The van der Waals surface area contributed by atoms with Crippen molar-refractivity contribution in [2.75, 3.05) is 18.9 Å². The number of methoxy groups -OCH3 is 2. The molecule has 0 heterocycles. The summed E-state index contributed by atoms with van der Waals surface area (Å²) in [4.78, 5) is -0.505. The van der Waals surface area contributed by atoms with Gasteiger partial charge in [-0.3, -0.25) is 4.72 Å². The Hall–Kier alpha value is -2.28. The van der Waals surface area contributed by atoms with E-state index in [1.807, 2.05) is 19.1 Å². The molecule has 0 aromatic heterocycles. The number of anilines is 1. The first-order valence-corrected chi connectivity index (χ1v) is 8.43. The van der Waals surface area contributed by atoms with Gasteiger partial charge in [-0.2, -0.15) is 0 Å². The maximum absolute atomic E-state index is 14.1. The van der Waals surface area contributed by atoms with Crippen LogP contribution in [-0.4, -0.2) is 22.6 Å². The van der Waals surface area contributed by atoms with Crippen LogP contribution in [0.4, 0.5) is 10.1 Å². The van der Waals surface area contributed by atoms with Crippen LogP contribution in [0, 0.1) is 5.82 Å². The van der Waals surface area contributed by atoms with Crippen molar-refractivity contribution in [1.29, 1.82) is 0 Å². The molecule has 0 aliphatic heterocycles. The van der Waals surface area contributed by atoms with E-state index in [0.29, 0.717) is 5.69 Å². The molecule has 2 aromatic carbocycles. The number of halogens is 1. The molecule has 7 heteroatoms. The van der Waals surface area contributed by atoms with Crippen molar-refractivity contribution >= 4 is 15.7 Å². The zero-order chi connectivity index (χ0) is 17.0. The van der Waals surface area contributed by atoms with Gasteiger partial charge in [0.15, 0.2) is 11.5 Å². The molecule has 0 saturated heterocycles. The van der Waals surface area contributed by atoms with Gasteiger partial charge in [-0.1, -0.05) is 19.1 Å². The molecule has 5 nitrogen and oxygen atoms in total. The molecule has 0 unspecified atom stereocenters. The zero-order valence-electron chi connectivity index (χ0n) is 13.1. The van der Waals surface area contributed by atoms with Crippen molar-refractivity contribution in [2.45, 2.75) is 18.2 Å². The molecule has 0 spiro atoms. The monoisotopic (exact) mass is 339 g/mol. The fourth-order valence-corrected chi connectivity index (χ4v) is 3.19. The Bertz CT molecular complexity index is 788. The van der Waals surface area contributed by atoms with Crippen LogP contribution in [0.2, 0.25) is 0 Å². The summed E-state index contributed by atoms with van der Waals surface area (Å²) in [5.74, 6) is -0.660. The van der Waals surface area contributed by atoms with E-state index in [1.54, 1.807) is 12.1 Å². The van der Waals surface area contributed by atoms with Crippen LogP contribution in [0.15, 0.2) is 41.3 Å². The second kappa shape index (κ2) is 6.87. The maximum Gasteiger partial charge on any atom is 0.264 e. The molecule has 124 valence electrons. The standard InChI is InChI=1S/C16H18FNO4S/c1-4-11-5-7-12(8-6-11)18-23(19,20)16-10-15(22-3)14(21-2)9-13(16)17/h5-10,18H,4H2,1-3H3. The van der Waals surface area contributed by atoms with E-state index >= 15 is 0 Å². The molecular formula is C16H18FNO4S. The minimum Gasteiger partial charge on any atom is -0.493 e. The summed E-state index contributed by atoms with van der Waals surface area (Å²) in [6.07, 6.45) is 0.845. The molecule has 23 heavy (non-hydrogen) atoms. The first-order valence-electron chi connectivity index (χ1n) is 6.94. The molecule has 0 fully saturated rings. The first-order chi connectivity index (χ1) is 10.9. The number of benzene rings is 2. The number of aryl methyl sites for hydroxylation is 1. The summed E-state index contributed by atoms with van der Waals surface area (Å²) in [5, 5.41) is 0. The fraction of sp³-hybridized carbons (Fsp3) is 0.250. The molecule has 0 aliphatic rings. The van der Waals surface area contributed by atoms with E-state index in [2.05, 4.69) is 4.72 Å². The van der Waals surface area contributed by atoms with E-state index in [9.17, 15) is 12.8 Å². The van der Waals surface area contributed by atoms with Crippen LogP contribution in [-0.2, 0) is 16.4 Å². The van der Waals surface area contributed by atoms with Crippen LogP contribution in [0.1, 0.15) is 12.5 Å². The van der Waals surface area contributed by atoms with Crippen LogP contribution in [0.3, 0.4) is 0 Å². The molecule has 0 aliphatic carbocycles. The highest BCUT2D eigenvalue weighted by Crippen LogP contribution is 2.32. The predicted molar refractivity (Wildman–Crippen MR) is 86.1 cm³/mol. The van der Waals surface area contributed by atoms with Crippen molar-refractivity contribution in [3.63, 3.8) is 0 Å². The molecule has 0 amide bonds. The van der Waals surface area contributed by atoms with E-state index in [0.717, 1.165) is 24.1 Å². The maximum atomic E-state index is 14.1. The van der Waals surface area contributed by atoms with Gasteiger partial charge in [-0.25, -0.2) is 12.8 Å². The van der Waals surface area contributed by atoms with Crippen molar-refractivity contribution < 1.29 is 22.3 Å². The lowest BCUT2D eigenvalue weighted by Crippen LogP contribution is -2.15. The van der Waals surface area contributed by atoms with E-state index < -0.39 is 20.7 Å². The Morgan fingerprint density at radius 1 is 1.04 bits per heavy atom. The van der Waals surface area contributed by atoms with Crippen LogP contribution >= 0.6 is 0 Å². The smallest absolute Gasteiger partial charge is 0.264 e. The third kappa shape index (κ3) is 3.73. The molecule has 1 N–H and O–H groups in total. The van der Waals surface area contributed by atoms with E-state index in [1.165, 1.54) is 14.2 Å². The van der Waals surface area contributed by atoms with Gasteiger partial charge >= 0.3 is 0 Å². The molecule has 0 atom stereocenters. The molecular weight excluding hydrogens is 321 g/mol. The Kier molecular flexibility index (Phi) is 5.10. The Balaban J connectivity index is 2.38. The topological polar surface area (TPSA) is 64.6 Å². The highest BCUT2D eigenvalue weighted by molar-refractivity contribution is 7.92. The van der Waals surface area contributed by atoms with Gasteiger partial charge in [-0.05, 0) is 24.1 Å². The number of rotatable bonds is 6. The average Bonchev–Trinajstić information content (AvgIpc) is 2.54. The molecule has 2 aromatic rings. The average molecular weight is 339 g/mol. The summed E-state index contributed by atoms with van der Waals surface area (Å²) in [5.41, 5.74) is 1.43. The summed E-state index contributed by atoms with van der Waals surface area (Å²) in [6.45, 7) is 2.00. The number of hydrogen-bond donors (Lipinski definition) is 1. The second-order valence-electron chi connectivity index (χ2n) is 4.79. The van der Waals surface area contributed by atoms with Crippen molar-refractivity contribution in [3.05, 3.63) is 47.8 Å². The quantitative estimate of drug-likeness (QED) is 0.878. The largest absolute Gasteiger partial charge is 0.493 e. The van der Waals surface area contributed by atoms with Gasteiger partial charge in [0.25, 0.3) is 10.0 Å². The van der Waals surface area contributed by atoms with Gasteiger partial charge in [0.1, 0.15) is 10.7 Å². The third-order valence-corrected chi connectivity index (χ3v) is 4.74. The lowest BCUT2D eigenvalue weighted by Gasteiger charge is -2.13. The van der Waals surface area contributed by atoms with Crippen molar-refractivity contribution in [1.82, 2.24) is 0 Å². The fourth-order valence-electron chi connectivity index (χ4n) is 2.06. The van der Waals surface area contributed by atoms with Gasteiger partial charge in [-0.15, -0.1) is 0 Å². The summed E-state index contributed by atoms with van der Waals surface area (Å²) < 4.78 is 51.2. The van der Waals surface area contributed by atoms with Gasteiger partial charge in [0.2, 0.25) is 0 Å². The Morgan fingerprint density at radius 3 is 2.13 bits per heavy atom. The lowest BCUT2D eigenvalue weighted by atomic mass is 10.2. The molecule has 0 bridgehead atoms. The summed E-state index contributed by atoms with van der Waals surface area (Å²) >= 11 is 0. The van der Waals surface area contributed by atoms with E-state index in [-0.39, 0.29) is 11.5 Å². The summed E-state index contributed by atoms with van der Waals surface area (Å²) in [7, 11) is -1.39. The van der Waals surface area contributed by atoms with E-state index in [4.69, 9.17) is 9.47 Å². The predicted octanol–water partition coefficient (Wildman–Crippen LogP) is 3.21. The van der Waals surface area contributed by atoms with Gasteiger partial charge in [0.05, 0.1) is 14.2 Å². The SMILES string of the molecule is CCc1ccc(NS(=O)(=O)c2cc(OC)c(OC)cc2F)cc1. The van der Waals surface area contributed by atoms with Crippen LogP contribution in [0.5, 0.6) is 11.5 Å². The van der Waals surface area contributed by atoms with Gasteiger partial charge < -0.3 is 9.47 Å². The van der Waals surface area contributed by atoms with Crippen LogP contribution in [0.25, 0.3) is 0 Å². The molecule has 0 radical (unpaired) electrons. The van der Waals surface area contributed by atoms with Crippen molar-refractivity contribution in [3.8, 4) is 11.5 Å². The highest BCUT2D eigenvalue weighted by Gasteiger charge is 2.22. The molecule has 0 saturated carbocycles. The number of nitrogens with one attached hydrogen (secondary N) is 1. The molecule has 2 rings (SSSR count). The minimum absolute atomic E-state index is 0.122. The lowest BCUT2D eigenvalue weighted by molar-refractivity contribution is 0.350. The normalized spacial score (nSPS) is 11.1. The van der Waals surface area contributed by atoms with Crippen molar-refractivity contribution in [2.24, 2.45) is 0 Å². The second-order valence-corrected chi connectivity index (χ2v) is 6.44. The number of ether oxygens (including phenoxy) is 2. The first kappa shape index (κ1) is 17.1. The van der Waals surface area contributed by atoms with Gasteiger partial charge in [0, 0.05) is 17.8 Å². The Morgan fingerprint density at radius 2 is 1.61 bits per heavy atom. The third-order valence-electron chi connectivity index (χ3n) is 3.34. The zero-order valence-corrected chi connectivity index (χ0v) is 13.9. The Labute approximate surface area is 135 Å². The highest BCUT2D eigenvalue weighted by atomic mass is 32.2. The summed E-state index contributed by atoms with van der Waals surface area (Å²) in [6, 6.07) is 8.96.